The first-order valence-electron chi connectivity index (χ1n) is 5.28. The SMILES string of the molecule is CCC(C)=NNC(=S)Nc1ccc(C)cc1. The van der Waals surface area contributed by atoms with Crippen LogP contribution in [0.4, 0.5) is 5.69 Å². The number of rotatable bonds is 3. The Morgan fingerprint density at radius 3 is 2.50 bits per heavy atom. The number of anilines is 1. The van der Waals surface area contributed by atoms with Gasteiger partial charge in [-0.2, -0.15) is 5.10 Å². The van der Waals surface area contributed by atoms with Gasteiger partial charge < -0.3 is 5.32 Å². The van der Waals surface area contributed by atoms with Crippen molar-refractivity contribution in [1.29, 1.82) is 0 Å². The molecule has 0 amide bonds. The highest BCUT2D eigenvalue weighted by molar-refractivity contribution is 7.80. The number of thiocarbonyl (C=S) groups is 1. The molecule has 0 heterocycles. The lowest BCUT2D eigenvalue weighted by Crippen LogP contribution is -2.24. The fourth-order valence-electron chi connectivity index (χ4n) is 1.02. The van der Waals surface area contributed by atoms with E-state index in [1.807, 2.05) is 31.2 Å². The Kier molecular flexibility index (Phi) is 4.92. The minimum atomic E-state index is 0.511. The number of nitrogens with one attached hydrogen (secondary N) is 2. The zero-order valence-electron chi connectivity index (χ0n) is 9.87. The third-order valence-electron chi connectivity index (χ3n) is 2.17. The molecule has 16 heavy (non-hydrogen) atoms. The topological polar surface area (TPSA) is 36.4 Å². The summed E-state index contributed by atoms with van der Waals surface area (Å²) >= 11 is 5.11. The molecule has 0 aromatic heterocycles. The van der Waals surface area contributed by atoms with Gasteiger partial charge in [0.05, 0.1) is 0 Å². The van der Waals surface area contributed by atoms with E-state index in [1.54, 1.807) is 0 Å². The second-order valence-corrected chi connectivity index (χ2v) is 4.04. The monoisotopic (exact) mass is 235 g/mol. The normalized spacial score (nSPS) is 11.1. The van der Waals surface area contributed by atoms with E-state index in [9.17, 15) is 0 Å². The first-order chi connectivity index (χ1) is 7.61. The molecule has 0 fully saturated rings. The van der Waals surface area contributed by atoms with Crippen LogP contribution in [-0.4, -0.2) is 10.8 Å². The molecular weight excluding hydrogens is 218 g/mol. The summed E-state index contributed by atoms with van der Waals surface area (Å²) in [6.45, 7) is 6.06. The van der Waals surface area contributed by atoms with Gasteiger partial charge in [-0.3, -0.25) is 5.43 Å². The molecule has 1 rings (SSSR count). The van der Waals surface area contributed by atoms with Gasteiger partial charge >= 0.3 is 0 Å². The van der Waals surface area contributed by atoms with Crippen LogP contribution in [0.3, 0.4) is 0 Å². The Labute approximate surface area is 102 Å². The highest BCUT2D eigenvalue weighted by atomic mass is 32.1. The molecule has 0 aliphatic heterocycles. The zero-order chi connectivity index (χ0) is 12.0. The van der Waals surface area contributed by atoms with Gasteiger partial charge in [-0.1, -0.05) is 24.6 Å². The Bertz CT molecular complexity index is 382. The van der Waals surface area contributed by atoms with Crippen molar-refractivity contribution in [2.45, 2.75) is 27.2 Å². The quantitative estimate of drug-likeness (QED) is 0.480. The molecule has 0 aliphatic rings. The van der Waals surface area contributed by atoms with Crippen molar-refractivity contribution in [2.75, 3.05) is 5.32 Å². The van der Waals surface area contributed by atoms with Crippen molar-refractivity contribution in [1.82, 2.24) is 5.43 Å². The fraction of sp³-hybridized carbons (Fsp3) is 0.333. The van der Waals surface area contributed by atoms with Crippen LogP contribution in [0.1, 0.15) is 25.8 Å². The third-order valence-corrected chi connectivity index (χ3v) is 2.36. The molecule has 0 bridgehead atoms. The molecule has 4 heteroatoms. The standard InChI is InChI=1S/C12H17N3S/c1-4-10(3)14-15-12(16)13-11-7-5-9(2)6-8-11/h5-8H,4H2,1-3H3,(H2,13,15,16). The van der Waals surface area contributed by atoms with Gasteiger partial charge in [-0.05, 0) is 44.6 Å². The second-order valence-electron chi connectivity index (χ2n) is 3.63. The van der Waals surface area contributed by atoms with Crippen LogP contribution < -0.4 is 10.7 Å². The summed E-state index contributed by atoms with van der Waals surface area (Å²) in [5.41, 5.74) is 6.02. The molecule has 0 radical (unpaired) electrons. The molecule has 0 saturated carbocycles. The second kappa shape index (κ2) is 6.23. The molecule has 86 valence electrons. The lowest BCUT2D eigenvalue weighted by Gasteiger charge is -2.07. The van der Waals surface area contributed by atoms with E-state index in [4.69, 9.17) is 12.2 Å². The van der Waals surface area contributed by atoms with E-state index < -0.39 is 0 Å². The summed E-state index contributed by atoms with van der Waals surface area (Å²) < 4.78 is 0. The van der Waals surface area contributed by atoms with Crippen LogP contribution in [-0.2, 0) is 0 Å². The molecular formula is C12H17N3S. The molecule has 0 spiro atoms. The van der Waals surface area contributed by atoms with Gasteiger partial charge in [0, 0.05) is 11.4 Å². The molecule has 3 nitrogen and oxygen atoms in total. The number of hydrogen-bond acceptors (Lipinski definition) is 2. The molecule has 0 saturated heterocycles. The highest BCUT2D eigenvalue weighted by Crippen LogP contribution is 2.07. The molecule has 0 aliphatic carbocycles. The zero-order valence-corrected chi connectivity index (χ0v) is 10.7. The van der Waals surface area contributed by atoms with Gasteiger partial charge in [-0.15, -0.1) is 0 Å². The number of benzene rings is 1. The van der Waals surface area contributed by atoms with Crippen LogP contribution in [0.15, 0.2) is 29.4 Å². The Balaban J connectivity index is 2.49. The lowest BCUT2D eigenvalue weighted by molar-refractivity contribution is 1.02. The van der Waals surface area contributed by atoms with Crippen molar-refractivity contribution in [3.63, 3.8) is 0 Å². The van der Waals surface area contributed by atoms with Gasteiger partial charge in [-0.25, -0.2) is 0 Å². The van der Waals surface area contributed by atoms with E-state index in [0.717, 1.165) is 17.8 Å². The number of hydrazone groups is 1. The van der Waals surface area contributed by atoms with E-state index in [-0.39, 0.29) is 0 Å². The smallest absolute Gasteiger partial charge is 0.191 e. The summed E-state index contributed by atoms with van der Waals surface area (Å²) in [5.74, 6) is 0. The molecule has 2 N–H and O–H groups in total. The van der Waals surface area contributed by atoms with Gasteiger partial charge in [0.1, 0.15) is 0 Å². The van der Waals surface area contributed by atoms with Gasteiger partial charge in [0.15, 0.2) is 5.11 Å². The van der Waals surface area contributed by atoms with Gasteiger partial charge in [0.2, 0.25) is 0 Å². The predicted molar refractivity (Wildman–Crippen MR) is 73.9 cm³/mol. The summed E-state index contributed by atoms with van der Waals surface area (Å²) in [5, 5.41) is 7.69. The van der Waals surface area contributed by atoms with E-state index >= 15 is 0 Å². The lowest BCUT2D eigenvalue weighted by atomic mass is 10.2. The largest absolute Gasteiger partial charge is 0.331 e. The van der Waals surface area contributed by atoms with Crippen molar-refractivity contribution >= 4 is 28.7 Å². The van der Waals surface area contributed by atoms with Crippen LogP contribution in [0.2, 0.25) is 0 Å². The van der Waals surface area contributed by atoms with Crippen molar-refractivity contribution in [3.8, 4) is 0 Å². The van der Waals surface area contributed by atoms with E-state index in [1.165, 1.54) is 5.56 Å². The summed E-state index contributed by atoms with van der Waals surface area (Å²) in [6.07, 6.45) is 0.917. The van der Waals surface area contributed by atoms with Crippen LogP contribution in [0.5, 0.6) is 0 Å². The minimum Gasteiger partial charge on any atom is -0.331 e. The number of aryl methyl sites for hydroxylation is 1. The summed E-state index contributed by atoms with van der Waals surface area (Å²) in [4.78, 5) is 0. The number of nitrogens with zero attached hydrogens (tertiary/aromatic N) is 1. The van der Waals surface area contributed by atoms with Crippen LogP contribution in [0.25, 0.3) is 0 Å². The highest BCUT2D eigenvalue weighted by Gasteiger charge is 1.95. The predicted octanol–water partition coefficient (Wildman–Crippen LogP) is 3.07. The maximum atomic E-state index is 5.11. The molecule has 1 aromatic rings. The first kappa shape index (κ1) is 12.6. The Morgan fingerprint density at radius 1 is 1.31 bits per heavy atom. The van der Waals surface area contributed by atoms with Crippen molar-refractivity contribution < 1.29 is 0 Å². The summed E-state index contributed by atoms with van der Waals surface area (Å²) in [6, 6.07) is 8.04. The Hall–Kier alpha value is -1.42. The average molecular weight is 235 g/mol. The molecule has 0 unspecified atom stereocenters. The van der Waals surface area contributed by atoms with Crippen LogP contribution >= 0.6 is 12.2 Å². The third kappa shape index (κ3) is 4.40. The average Bonchev–Trinajstić information content (AvgIpc) is 2.29. The van der Waals surface area contributed by atoms with Crippen molar-refractivity contribution in [3.05, 3.63) is 29.8 Å². The van der Waals surface area contributed by atoms with Gasteiger partial charge in [0.25, 0.3) is 0 Å². The number of hydrogen-bond donors (Lipinski definition) is 2. The van der Waals surface area contributed by atoms with E-state index in [0.29, 0.717) is 5.11 Å². The molecule has 0 atom stereocenters. The maximum Gasteiger partial charge on any atom is 0.191 e. The van der Waals surface area contributed by atoms with Crippen LogP contribution in [0, 0.1) is 6.92 Å². The minimum absolute atomic E-state index is 0.511. The molecule has 1 aromatic carbocycles. The summed E-state index contributed by atoms with van der Waals surface area (Å²) in [7, 11) is 0. The fourth-order valence-corrected chi connectivity index (χ4v) is 1.18. The van der Waals surface area contributed by atoms with Crippen molar-refractivity contribution in [2.24, 2.45) is 5.10 Å². The maximum absolute atomic E-state index is 5.11. The van der Waals surface area contributed by atoms with E-state index in [2.05, 4.69) is 29.7 Å². The Morgan fingerprint density at radius 2 is 1.94 bits per heavy atom. The first-order valence-corrected chi connectivity index (χ1v) is 5.69.